The third-order valence-electron chi connectivity index (χ3n) is 8.43. The second-order valence-corrected chi connectivity index (χ2v) is 12.1. The van der Waals surface area contributed by atoms with E-state index in [1.54, 1.807) is 12.1 Å². The predicted molar refractivity (Wildman–Crippen MR) is 180 cm³/mol. The average Bonchev–Trinajstić information content (AvgIpc) is 3.11. The molecule has 48 heavy (non-hydrogen) atoms. The van der Waals surface area contributed by atoms with Gasteiger partial charge >= 0.3 is 5.97 Å². The lowest BCUT2D eigenvalue weighted by atomic mass is 10.1. The number of hydrogen-bond acceptors (Lipinski definition) is 10. The SMILES string of the molecule is COC(=O)c1cc2nc(c1)-c1cccc(n1)CN1Cc3cccc(n3)-c3cccc(n3)CN(Cc3cccc(n3)-c3cccc(n3)C1)C2. The number of rotatable bonds is 1. The van der Waals surface area contributed by atoms with E-state index < -0.39 is 5.97 Å². The Morgan fingerprint density at radius 3 is 1.12 bits per heavy atom. The van der Waals surface area contributed by atoms with Crippen molar-refractivity contribution >= 4 is 5.97 Å². The quantitative estimate of drug-likeness (QED) is 0.204. The third-order valence-corrected chi connectivity index (χ3v) is 8.43. The molecule has 9 rings (SSSR count). The summed E-state index contributed by atoms with van der Waals surface area (Å²) >= 11 is 0. The van der Waals surface area contributed by atoms with Crippen LogP contribution < -0.4 is 0 Å². The van der Waals surface area contributed by atoms with Gasteiger partial charge in [0, 0.05) is 39.3 Å². The van der Waals surface area contributed by atoms with Crippen molar-refractivity contribution in [2.45, 2.75) is 39.3 Å². The van der Waals surface area contributed by atoms with Crippen molar-refractivity contribution in [2.75, 3.05) is 7.11 Å². The molecule has 0 atom stereocenters. The molecule has 3 aliphatic heterocycles. The van der Waals surface area contributed by atoms with Gasteiger partial charge in [0.1, 0.15) is 0 Å². The van der Waals surface area contributed by atoms with Crippen LogP contribution in [0.25, 0.3) is 34.2 Å². The minimum Gasteiger partial charge on any atom is -0.465 e. The average molecular weight is 633 g/mol. The summed E-state index contributed by atoms with van der Waals surface area (Å²) in [6.07, 6.45) is 0. The molecule has 10 nitrogen and oxygen atoms in total. The molecule has 9 heterocycles. The number of nitrogens with zero attached hydrogens (tertiary/aromatic N) is 8. The number of aromatic nitrogens is 6. The van der Waals surface area contributed by atoms with E-state index in [2.05, 4.69) is 9.80 Å². The molecule has 3 aliphatic rings. The summed E-state index contributed by atoms with van der Waals surface area (Å²) in [5.41, 5.74) is 10.1. The van der Waals surface area contributed by atoms with Crippen molar-refractivity contribution < 1.29 is 9.53 Å². The zero-order valence-corrected chi connectivity index (χ0v) is 26.5. The van der Waals surface area contributed by atoms with E-state index in [-0.39, 0.29) is 0 Å². The first kappa shape index (κ1) is 29.7. The summed E-state index contributed by atoms with van der Waals surface area (Å²) < 4.78 is 5.15. The predicted octanol–water partition coefficient (Wildman–Crippen LogP) is 5.88. The van der Waals surface area contributed by atoms with Gasteiger partial charge in [0.05, 0.1) is 81.0 Å². The standard InChI is InChI=1S/C38H32N8O2/c1-48-38(47)25-17-31-24-46-22-28-9-4-14-34(41-28)32-12-2-7-26(39-32)19-45(21-30-11-6-16-36(43-30)37(18-25)44-31)20-27-8-3-13-33(40-27)35-15-5-10-29(23-46)42-35/h2-18H,19-24H2,1H3. The molecular weight excluding hydrogens is 600 g/mol. The Morgan fingerprint density at radius 2 is 0.771 bits per heavy atom. The van der Waals surface area contributed by atoms with Gasteiger partial charge in [-0.15, -0.1) is 0 Å². The zero-order valence-electron chi connectivity index (χ0n) is 26.5. The Kier molecular flexibility index (Phi) is 7.93. The van der Waals surface area contributed by atoms with Gasteiger partial charge in [0.15, 0.2) is 0 Å². The highest BCUT2D eigenvalue weighted by Crippen LogP contribution is 2.25. The molecular formula is C38H32N8O2. The lowest BCUT2D eigenvalue weighted by molar-refractivity contribution is 0.0600. The third kappa shape index (κ3) is 6.44. The van der Waals surface area contributed by atoms with E-state index in [1.807, 2.05) is 91.0 Å². The molecule has 0 aliphatic carbocycles. The van der Waals surface area contributed by atoms with E-state index in [4.69, 9.17) is 34.6 Å². The fourth-order valence-electron chi connectivity index (χ4n) is 6.30. The zero-order chi connectivity index (χ0) is 32.5. The normalized spacial score (nSPS) is 16.9. The Labute approximate surface area is 278 Å². The van der Waals surface area contributed by atoms with Crippen LogP contribution >= 0.6 is 0 Å². The van der Waals surface area contributed by atoms with Gasteiger partial charge in [-0.1, -0.05) is 30.3 Å². The highest BCUT2D eigenvalue weighted by atomic mass is 16.5. The first-order valence-electron chi connectivity index (χ1n) is 15.9. The van der Waals surface area contributed by atoms with Crippen LogP contribution in [0.4, 0.5) is 0 Å². The lowest BCUT2D eigenvalue weighted by Crippen LogP contribution is -2.25. The van der Waals surface area contributed by atoms with E-state index >= 15 is 0 Å². The first-order chi connectivity index (χ1) is 23.5. The Morgan fingerprint density at radius 1 is 0.458 bits per heavy atom. The van der Waals surface area contributed by atoms with Crippen molar-refractivity contribution in [2.24, 2.45) is 0 Å². The number of esters is 1. The van der Waals surface area contributed by atoms with Crippen LogP contribution in [0.3, 0.4) is 0 Å². The molecule has 0 radical (unpaired) electrons. The highest BCUT2D eigenvalue weighted by molar-refractivity contribution is 5.90. The molecule has 6 aromatic rings. The fourth-order valence-corrected chi connectivity index (χ4v) is 6.30. The van der Waals surface area contributed by atoms with Crippen molar-refractivity contribution in [1.82, 2.24) is 39.7 Å². The molecule has 236 valence electrons. The fraction of sp³-hybridized carbons (Fsp3) is 0.184. The summed E-state index contributed by atoms with van der Waals surface area (Å²) in [5, 5.41) is 0. The van der Waals surface area contributed by atoms with Crippen LogP contribution in [-0.4, -0.2) is 52.8 Å². The van der Waals surface area contributed by atoms with Gasteiger partial charge < -0.3 is 4.74 Å². The second kappa shape index (κ2) is 12.8. The number of ether oxygens (including phenoxy) is 1. The van der Waals surface area contributed by atoms with Crippen LogP contribution in [-0.2, 0) is 44.0 Å². The maximum atomic E-state index is 12.9. The number of carbonyl (C=O) groups excluding carboxylic acids is 1. The molecule has 0 aromatic carbocycles. The minimum atomic E-state index is -0.427. The van der Waals surface area contributed by atoms with Gasteiger partial charge in [0.25, 0.3) is 0 Å². The van der Waals surface area contributed by atoms with Gasteiger partial charge in [-0.25, -0.2) is 34.7 Å². The molecule has 0 amide bonds. The van der Waals surface area contributed by atoms with Crippen molar-refractivity contribution in [3.05, 3.63) is 143 Å². The molecule has 0 saturated heterocycles. The molecule has 0 spiro atoms. The summed E-state index contributed by atoms with van der Waals surface area (Å²) in [6, 6.07) is 33.8. The summed E-state index contributed by atoms with van der Waals surface area (Å²) in [6.45, 7) is 3.09. The van der Waals surface area contributed by atoms with E-state index in [1.165, 1.54) is 7.11 Å². The van der Waals surface area contributed by atoms with E-state index in [9.17, 15) is 4.79 Å². The Bertz CT molecular complexity index is 2060. The smallest absolute Gasteiger partial charge is 0.337 e. The topological polar surface area (TPSA) is 110 Å². The van der Waals surface area contributed by atoms with Gasteiger partial charge in [0.2, 0.25) is 0 Å². The van der Waals surface area contributed by atoms with E-state index in [0.29, 0.717) is 61.9 Å². The van der Waals surface area contributed by atoms with Crippen LogP contribution in [0.1, 0.15) is 44.5 Å². The number of hydrogen-bond donors (Lipinski definition) is 0. The van der Waals surface area contributed by atoms with Crippen molar-refractivity contribution in [1.29, 1.82) is 0 Å². The number of methoxy groups -OCH3 is 1. The lowest BCUT2D eigenvalue weighted by Gasteiger charge is -2.24. The second-order valence-electron chi connectivity index (χ2n) is 12.1. The van der Waals surface area contributed by atoms with Crippen molar-refractivity contribution in [3.63, 3.8) is 0 Å². The van der Waals surface area contributed by atoms with Crippen molar-refractivity contribution in [3.8, 4) is 34.2 Å². The molecule has 0 fully saturated rings. The Balaban J connectivity index is 1.36. The molecule has 0 unspecified atom stereocenters. The highest BCUT2D eigenvalue weighted by Gasteiger charge is 2.19. The molecule has 0 N–H and O–H groups in total. The van der Waals surface area contributed by atoms with E-state index in [0.717, 1.165) is 51.2 Å². The molecule has 0 saturated carbocycles. The summed E-state index contributed by atoms with van der Waals surface area (Å²) in [4.78, 5) is 47.8. The maximum absolute atomic E-state index is 12.9. The van der Waals surface area contributed by atoms with Crippen LogP contribution in [0.5, 0.6) is 0 Å². The number of pyridine rings is 6. The maximum Gasteiger partial charge on any atom is 0.337 e. The molecule has 10 heteroatoms. The first-order valence-corrected chi connectivity index (χ1v) is 15.9. The minimum absolute atomic E-state index is 0.421. The summed E-state index contributed by atoms with van der Waals surface area (Å²) in [7, 11) is 1.39. The van der Waals surface area contributed by atoms with Crippen LogP contribution in [0.15, 0.2) is 103 Å². The Hall–Kier alpha value is -5.71. The van der Waals surface area contributed by atoms with Gasteiger partial charge in [-0.2, -0.15) is 0 Å². The van der Waals surface area contributed by atoms with Crippen LogP contribution in [0, 0.1) is 0 Å². The number of carbonyl (C=O) groups is 1. The van der Waals surface area contributed by atoms with Crippen LogP contribution in [0.2, 0.25) is 0 Å². The molecule has 6 aromatic heterocycles. The van der Waals surface area contributed by atoms with Gasteiger partial charge in [-0.05, 0) is 72.8 Å². The van der Waals surface area contributed by atoms with Gasteiger partial charge in [-0.3, -0.25) is 9.80 Å². The molecule has 14 bridgehead atoms. The summed E-state index contributed by atoms with van der Waals surface area (Å²) in [5.74, 6) is -0.427. The monoisotopic (exact) mass is 632 g/mol. The largest absolute Gasteiger partial charge is 0.465 e.